The van der Waals surface area contributed by atoms with E-state index in [4.69, 9.17) is 0 Å². The first-order valence-corrected chi connectivity index (χ1v) is 5.65. The molecule has 0 fully saturated rings. The largest absolute Gasteiger partial charge is 0.321 e. The fraction of sp³-hybridized carbons (Fsp3) is 0.538. The molecule has 0 aromatic heterocycles. The van der Waals surface area contributed by atoms with Gasteiger partial charge in [0.05, 0.1) is 28.0 Å². The Morgan fingerprint density at radius 1 is 0.867 bits per heavy atom. The molecule has 84 valence electrons. The van der Waals surface area contributed by atoms with Crippen LogP contribution in [0.25, 0.3) is 0 Å². The first-order valence-electron chi connectivity index (χ1n) is 5.65. The highest BCUT2D eigenvalue weighted by molar-refractivity contribution is 5.75. The van der Waals surface area contributed by atoms with Gasteiger partial charge < -0.3 is 4.48 Å². The average Bonchev–Trinajstić information content (AvgIpc) is 2.28. The molecule has 0 saturated carbocycles. The SMILES string of the molecule is B.CC[N+](CC)(CC)Cc1ccccc1. The zero-order chi connectivity index (χ0) is 10.4. The maximum atomic E-state index is 2.29. The quantitative estimate of drug-likeness (QED) is 0.509. The number of rotatable bonds is 5. The second-order valence-electron chi connectivity index (χ2n) is 3.93. The van der Waals surface area contributed by atoms with Crippen LogP contribution < -0.4 is 0 Å². The van der Waals surface area contributed by atoms with Gasteiger partial charge in [-0.3, -0.25) is 0 Å². The molecule has 15 heavy (non-hydrogen) atoms. The Labute approximate surface area is 96.3 Å². The summed E-state index contributed by atoms with van der Waals surface area (Å²) in [6.45, 7) is 11.7. The lowest BCUT2D eigenvalue weighted by Crippen LogP contribution is -2.46. The van der Waals surface area contributed by atoms with Gasteiger partial charge in [0.2, 0.25) is 0 Å². The molecule has 1 nitrogen and oxygen atoms in total. The number of nitrogens with zero attached hydrogens (tertiary/aromatic N) is 1. The summed E-state index contributed by atoms with van der Waals surface area (Å²) in [7, 11) is 0. The highest BCUT2D eigenvalue weighted by Gasteiger charge is 2.20. The van der Waals surface area contributed by atoms with E-state index < -0.39 is 0 Å². The standard InChI is InChI=1S/C13H22N.BH3/c1-4-14(5-2,6-3)12-13-10-8-7-9-11-13;/h7-11H,4-6,12H2,1-3H3;1H3/q+1;. The third-order valence-corrected chi connectivity index (χ3v) is 3.37. The van der Waals surface area contributed by atoms with Crippen LogP contribution >= 0.6 is 0 Å². The van der Waals surface area contributed by atoms with Gasteiger partial charge in [0.1, 0.15) is 6.54 Å². The number of hydrogen-bond donors (Lipinski definition) is 0. The Morgan fingerprint density at radius 2 is 1.33 bits per heavy atom. The second-order valence-corrected chi connectivity index (χ2v) is 3.93. The first kappa shape index (κ1) is 14.2. The van der Waals surface area contributed by atoms with E-state index >= 15 is 0 Å². The Kier molecular flexibility index (Phi) is 6.34. The van der Waals surface area contributed by atoms with Crippen LogP contribution in [0.5, 0.6) is 0 Å². The van der Waals surface area contributed by atoms with Gasteiger partial charge in [-0.25, -0.2) is 0 Å². The van der Waals surface area contributed by atoms with Crippen molar-refractivity contribution in [2.24, 2.45) is 0 Å². The monoisotopic (exact) mass is 206 g/mol. The third-order valence-electron chi connectivity index (χ3n) is 3.37. The Hall–Kier alpha value is -0.755. The zero-order valence-corrected chi connectivity index (χ0v) is 9.66. The van der Waals surface area contributed by atoms with Gasteiger partial charge in [-0.15, -0.1) is 0 Å². The van der Waals surface area contributed by atoms with E-state index in [9.17, 15) is 0 Å². The van der Waals surface area contributed by atoms with Crippen LogP contribution in [-0.2, 0) is 6.54 Å². The average molecular weight is 206 g/mol. The molecule has 2 heteroatoms. The van der Waals surface area contributed by atoms with Gasteiger partial charge in [-0.1, -0.05) is 30.3 Å². The van der Waals surface area contributed by atoms with E-state index in [1.54, 1.807) is 0 Å². The molecule has 0 radical (unpaired) electrons. The molecule has 0 unspecified atom stereocenters. The van der Waals surface area contributed by atoms with E-state index in [1.165, 1.54) is 36.2 Å². The molecule has 1 aromatic rings. The zero-order valence-electron chi connectivity index (χ0n) is 9.66. The molecule has 0 spiro atoms. The Balaban J connectivity index is 0.00000196. The Morgan fingerprint density at radius 3 is 1.73 bits per heavy atom. The van der Waals surface area contributed by atoms with Crippen LogP contribution in [0.2, 0.25) is 0 Å². The fourth-order valence-electron chi connectivity index (χ4n) is 1.98. The van der Waals surface area contributed by atoms with Crippen molar-refractivity contribution >= 4 is 8.41 Å². The van der Waals surface area contributed by atoms with Gasteiger partial charge in [0, 0.05) is 5.56 Å². The lowest BCUT2D eigenvalue weighted by molar-refractivity contribution is -0.936. The normalized spacial score (nSPS) is 10.9. The van der Waals surface area contributed by atoms with E-state index in [2.05, 4.69) is 51.1 Å². The van der Waals surface area contributed by atoms with Gasteiger partial charge in [-0.05, 0) is 20.8 Å². The summed E-state index contributed by atoms with van der Waals surface area (Å²) in [5.74, 6) is 0. The topological polar surface area (TPSA) is 0 Å². The highest BCUT2D eigenvalue weighted by atomic mass is 15.3. The molecule has 0 aliphatic heterocycles. The molecule has 0 amide bonds. The molecule has 0 heterocycles. The maximum absolute atomic E-state index is 2.29. The van der Waals surface area contributed by atoms with Gasteiger partial charge in [0.15, 0.2) is 0 Å². The minimum absolute atomic E-state index is 0. The highest BCUT2D eigenvalue weighted by Crippen LogP contribution is 2.13. The first-order chi connectivity index (χ1) is 6.76. The molecule has 0 atom stereocenters. The molecule has 0 aliphatic rings. The Bertz CT molecular complexity index is 246. The smallest absolute Gasteiger partial charge is 0.104 e. The predicted molar refractivity (Wildman–Crippen MR) is 72.0 cm³/mol. The van der Waals surface area contributed by atoms with Crippen molar-refractivity contribution in [3.63, 3.8) is 0 Å². The number of quaternary nitrogens is 1. The van der Waals surface area contributed by atoms with E-state index in [-0.39, 0.29) is 8.41 Å². The van der Waals surface area contributed by atoms with E-state index in [1.807, 2.05) is 0 Å². The third kappa shape index (κ3) is 3.71. The van der Waals surface area contributed by atoms with Gasteiger partial charge >= 0.3 is 0 Å². The van der Waals surface area contributed by atoms with Crippen molar-refractivity contribution < 1.29 is 4.48 Å². The summed E-state index contributed by atoms with van der Waals surface area (Å²) in [6, 6.07) is 10.8. The lowest BCUT2D eigenvalue weighted by Gasteiger charge is -2.35. The van der Waals surface area contributed by atoms with Crippen LogP contribution in [0.15, 0.2) is 30.3 Å². The van der Waals surface area contributed by atoms with Crippen LogP contribution in [0, 0.1) is 0 Å². The minimum atomic E-state index is 0. The molecule has 0 aliphatic carbocycles. The maximum Gasteiger partial charge on any atom is 0.104 e. The molecular weight excluding hydrogens is 181 g/mol. The van der Waals surface area contributed by atoms with Crippen molar-refractivity contribution in [2.45, 2.75) is 27.3 Å². The van der Waals surface area contributed by atoms with Crippen LogP contribution in [-0.4, -0.2) is 32.5 Å². The molecule has 0 bridgehead atoms. The summed E-state index contributed by atoms with van der Waals surface area (Å²) < 4.78 is 1.20. The van der Waals surface area contributed by atoms with Gasteiger partial charge in [-0.2, -0.15) is 0 Å². The summed E-state index contributed by atoms with van der Waals surface area (Å²) in [4.78, 5) is 0. The van der Waals surface area contributed by atoms with Crippen molar-refractivity contribution in [1.29, 1.82) is 0 Å². The minimum Gasteiger partial charge on any atom is -0.321 e. The van der Waals surface area contributed by atoms with Crippen molar-refractivity contribution in [3.05, 3.63) is 35.9 Å². The molecule has 0 saturated heterocycles. The molecular formula is C13H25BN+. The van der Waals surface area contributed by atoms with Crippen molar-refractivity contribution in [3.8, 4) is 0 Å². The predicted octanol–water partition coefficient (Wildman–Crippen LogP) is 1.88. The van der Waals surface area contributed by atoms with Crippen molar-refractivity contribution in [1.82, 2.24) is 0 Å². The summed E-state index contributed by atoms with van der Waals surface area (Å²) in [6.07, 6.45) is 0. The molecule has 1 aromatic carbocycles. The fourth-order valence-corrected chi connectivity index (χ4v) is 1.98. The van der Waals surface area contributed by atoms with E-state index in [0.29, 0.717) is 0 Å². The summed E-state index contributed by atoms with van der Waals surface area (Å²) >= 11 is 0. The number of benzene rings is 1. The molecule has 0 N–H and O–H groups in total. The second kappa shape index (κ2) is 6.68. The summed E-state index contributed by atoms with van der Waals surface area (Å²) in [5.41, 5.74) is 1.46. The van der Waals surface area contributed by atoms with Gasteiger partial charge in [0.25, 0.3) is 0 Å². The van der Waals surface area contributed by atoms with Crippen LogP contribution in [0.4, 0.5) is 0 Å². The number of hydrogen-bond acceptors (Lipinski definition) is 0. The summed E-state index contributed by atoms with van der Waals surface area (Å²) in [5, 5.41) is 0. The van der Waals surface area contributed by atoms with Crippen molar-refractivity contribution in [2.75, 3.05) is 19.6 Å². The van der Waals surface area contributed by atoms with Crippen LogP contribution in [0.1, 0.15) is 26.3 Å². The van der Waals surface area contributed by atoms with E-state index in [0.717, 1.165) is 0 Å². The lowest BCUT2D eigenvalue weighted by atomic mass is 10.2. The van der Waals surface area contributed by atoms with Crippen LogP contribution in [0.3, 0.4) is 0 Å². The molecule has 1 rings (SSSR count).